The molecule has 0 saturated carbocycles. The Balaban J connectivity index is 2.70. The summed E-state index contributed by atoms with van der Waals surface area (Å²) in [6.45, 7) is 4.12. The maximum absolute atomic E-state index is 11.8. The molecule has 1 atom stereocenters. The predicted octanol–water partition coefficient (Wildman–Crippen LogP) is 0.774. The zero-order valence-corrected chi connectivity index (χ0v) is 14.3. The molecule has 1 rings (SSSR count). The van der Waals surface area contributed by atoms with Gasteiger partial charge in [0.05, 0.1) is 6.04 Å². The SMILES string of the molecule is C=CCNC(=O)C(=O)NC[C@H](c1ccc(N(C)C)cc1)N(C)C. The lowest BCUT2D eigenvalue weighted by Gasteiger charge is -2.25. The molecule has 0 heterocycles. The summed E-state index contributed by atoms with van der Waals surface area (Å²) in [4.78, 5) is 27.4. The highest BCUT2D eigenvalue weighted by atomic mass is 16.2. The smallest absolute Gasteiger partial charge is 0.309 e. The van der Waals surface area contributed by atoms with Gasteiger partial charge in [0.15, 0.2) is 0 Å². The van der Waals surface area contributed by atoms with Crippen molar-refractivity contribution in [2.75, 3.05) is 46.2 Å². The van der Waals surface area contributed by atoms with E-state index in [0.717, 1.165) is 11.3 Å². The van der Waals surface area contributed by atoms with E-state index in [1.165, 1.54) is 6.08 Å². The van der Waals surface area contributed by atoms with Gasteiger partial charge in [-0.3, -0.25) is 9.59 Å². The van der Waals surface area contributed by atoms with Gasteiger partial charge >= 0.3 is 11.8 Å². The second-order valence-corrected chi connectivity index (χ2v) is 5.67. The van der Waals surface area contributed by atoms with E-state index >= 15 is 0 Å². The third-order valence-electron chi connectivity index (χ3n) is 3.49. The van der Waals surface area contributed by atoms with E-state index in [1.807, 2.05) is 62.3 Å². The lowest BCUT2D eigenvalue weighted by Crippen LogP contribution is -2.43. The van der Waals surface area contributed by atoms with Crippen molar-refractivity contribution in [1.82, 2.24) is 15.5 Å². The number of likely N-dealkylation sites (N-methyl/N-ethyl adjacent to an activating group) is 1. The number of rotatable bonds is 7. The van der Waals surface area contributed by atoms with E-state index in [2.05, 4.69) is 17.2 Å². The Hall–Kier alpha value is -2.34. The molecule has 1 aromatic carbocycles. The summed E-state index contributed by atoms with van der Waals surface area (Å²) in [6, 6.07) is 8.12. The monoisotopic (exact) mass is 318 g/mol. The van der Waals surface area contributed by atoms with Crippen molar-refractivity contribution in [1.29, 1.82) is 0 Å². The molecule has 0 saturated heterocycles. The molecule has 0 unspecified atom stereocenters. The van der Waals surface area contributed by atoms with Crippen LogP contribution in [0.25, 0.3) is 0 Å². The number of benzene rings is 1. The van der Waals surface area contributed by atoms with Crippen molar-refractivity contribution >= 4 is 17.5 Å². The third kappa shape index (κ3) is 5.75. The molecule has 0 aliphatic heterocycles. The second-order valence-electron chi connectivity index (χ2n) is 5.67. The summed E-state index contributed by atoms with van der Waals surface area (Å²) in [5.74, 6) is -1.28. The predicted molar refractivity (Wildman–Crippen MR) is 93.4 cm³/mol. The Bertz CT molecular complexity index is 538. The summed E-state index contributed by atoms with van der Waals surface area (Å²) >= 11 is 0. The first-order chi connectivity index (χ1) is 10.9. The molecule has 2 N–H and O–H groups in total. The van der Waals surface area contributed by atoms with E-state index in [4.69, 9.17) is 0 Å². The zero-order chi connectivity index (χ0) is 17.4. The van der Waals surface area contributed by atoms with Crippen LogP contribution in [0, 0.1) is 0 Å². The summed E-state index contributed by atoms with van der Waals surface area (Å²) in [6.07, 6.45) is 1.53. The lowest BCUT2D eigenvalue weighted by molar-refractivity contribution is -0.139. The second kappa shape index (κ2) is 8.95. The van der Waals surface area contributed by atoms with Crippen LogP contribution in [0.4, 0.5) is 5.69 Å². The largest absolute Gasteiger partial charge is 0.378 e. The van der Waals surface area contributed by atoms with Crippen LogP contribution < -0.4 is 15.5 Å². The maximum Gasteiger partial charge on any atom is 0.309 e. The molecular weight excluding hydrogens is 292 g/mol. The van der Waals surface area contributed by atoms with Crippen molar-refractivity contribution in [3.05, 3.63) is 42.5 Å². The van der Waals surface area contributed by atoms with Gasteiger partial charge < -0.3 is 20.4 Å². The van der Waals surface area contributed by atoms with Gasteiger partial charge in [-0.2, -0.15) is 0 Å². The van der Waals surface area contributed by atoms with Gasteiger partial charge in [0.1, 0.15) is 0 Å². The van der Waals surface area contributed by atoms with Gasteiger partial charge in [0, 0.05) is 32.9 Å². The minimum Gasteiger partial charge on any atom is -0.378 e. The van der Waals surface area contributed by atoms with E-state index in [1.54, 1.807) is 0 Å². The molecule has 2 amide bonds. The van der Waals surface area contributed by atoms with E-state index in [-0.39, 0.29) is 12.6 Å². The van der Waals surface area contributed by atoms with E-state index in [9.17, 15) is 9.59 Å². The molecular formula is C17H26N4O2. The van der Waals surface area contributed by atoms with E-state index < -0.39 is 11.8 Å². The average Bonchev–Trinajstić information content (AvgIpc) is 2.52. The van der Waals surface area contributed by atoms with Crippen molar-refractivity contribution in [2.24, 2.45) is 0 Å². The van der Waals surface area contributed by atoms with Gasteiger partial charge in [-0.25, -0.2) is 0 Å². The fourth-order valence-electron chi connectivity index (χ4n) is 2.11. The van der Waals surface area contributed by atoms with Gasteiger partial charge in [-0.05, 0) is 31.8 Å². The first-order valence-electron chi connectivity index (χ1n) is 7.47. The fourth-order valence-corrected chi connectivity index (χ4v) is 2.11. The summed E-state index contributed by atoms with van der Waals surface area (Å²) in [5.41, 5.74) is 2.19. The topological polar surface area (TPSA) is 64.7 Å². The van der Waals surface area contributed by atoms with Gasteiger partial charge in [0.2, 0.25) is 0 Å². The molecule has 0 spiro atoms. The molecule has 6 heteroatoms. The summed E-state index contributed by atoms with van der Waals surface area (Å²) < 4.78 is 0. The molecule has 0 aromatic heterocycles. The molecule has 1 aromatic rings. The molecule has 6 nitrogen and oxygen atoms in total. The minimum atomic E-state index is -0.648. The highest BCUT2D eigenvalue weighted by Gasteiger charge is 2.18. The van der Waals surface area contributed by atoms with Gasteiger partial charge in [-0.1, -0.05) is 18.2 Å². The normalized spacial score (nSPS) is 11.7. The highest BCUT2D eigenvalue weighted by molar-refractivity contribution is 6.35. The number of amides is 2. The molecule has 126 valence electrons. The third-order valence-corrected chi connectivity index (χ3v) is 3.49. The number of nitrogens with one attached hydrogen (secondary N) is 2. The number of hydrogen-bond acceptors (Lipinski definition) is 4. The highest BCUT2D eigenvalue weighted by Crippen LogP contribution is 2.20. The Kier molecular flexibility index (Phi) is 7.28. The van der Waals surface area contributed by atoms with Crippen LogP contribution >= 0.6 is 0 Å². The average molecular weight is 318 g/mol. The number of anilines is 1. The van der Waals surface area contributed by atoms with Crippen LogP contribution in [0.5, 0.6) is 0 Å². The minimum absolute atomic E-state index is 0.0117. The van der Waals surface area contributed by atoms with Crippen molar-refractivity contribution in [3.63, 3.8) is 0 Å². The molecule has 0 aliphatic carbocycles. The molecule has 23 heavy (non-hydrogen) atoms. The van der Waals surface area contributed by atoms with Crippen LogP contribution in [0.2, 0.25) is 0 Å². The number of hydrogen-bond donors (Lipinski definition) is 2. The van der Waals surface area contributed by atoms with Crippen LogP contribution in [-0.4, -0.2) is 58.0 Å². The number of carbonyl (C=O) groups excluding carboxylic acids is 2. The fraction of sp³-hybridized carbons (Fsp3) is 0.412. The molecule has 0 bridgehead atoms. The van der Waals surface area contributed by atoms with Crippen LogP contribution in [0.1, 0.15) is 11.6 Å². The van der Waals surface area contributed by atoms with Gasteiger partial charge in [-0.15, -0.1) is 6.58 Å². The van der Waals surface area contributed by atoms with E-state index in [0.29, 0.717) is 6.54 Å². The van der Waals surface area contributed by atoms with Crippen LogP contribution in [0.3, 0.4) is 0 Å². The van der Waals surface area contributed by atoms with Gasteiger partial charge in [0.25, 0.3) is 0 Å². The Morgan fingerprint density at radius 2 is 1.65 bits per heavy atom. The first kappa shape index (κ1) is 18.7. The number of nitrogens with zero attached hydrogens (tertiary/aromatic N) is 2. The zero-order valence-electron chi connectivity index (χ0n) is 14.3. The van der Waals surface area contributed by atoms with Crippen LogP contribution in [-0.2, 0) is 9.59 Å². The van der Waals surface area contributed by atoms with Crippen LogP contribution in [0.15, 0.2) is 36.9 Å². The quantitative estimate of drug-likeness (QED) is 0.576. The standard InChI is InChI=1S/C17H26N4O2/c1-6-11-18-16(22)17(23)19-12-15(21(4)5)13-7-9-14(10-8-13)20(2)3/h6-10,15H,1,11-12H2,2-5H3,(H,18,22)(H,19,23)/t15-/m1/s1. The molecule has 0 aliphatic rings. The lowest BCUT2D eigenvalue weighted by atomic mass is 10.1. The van der Waals surface area contributed by atoms with Crippen molar-refractivity contribution in [2.45, 2.75) is 6.04 Å². The Labute approximate surface area is 138 Å². The van der Waals surface area contributed by atoms with Crippen molar-refractivity contribution < 1.29 is 9.59 Å². The Morgan fingerprint density at radius 3 is 2.13 bits per heavy atom. The molecule has 0 fully saturated rings. The summed E-state index contributed by atoms with van der Waals surface area (Å²) in [7, 11) is 7.85. The maximum atomic E-state index is 11.8. The van der Waals surface area contributed by atoms with Crippen molar-refractivity contribution in [3.8, 4) is 0 Å². The summed E-state index contributed by atoms with van der Waals surface area (Å²) in [5, 5.41) is 5.13. The number of carbonyl (C=O) groups is 2. The molecule has 0 radical (unpaired) electrons. The first-order valence-corrected chi connectivity index (χ1v) is 7.47. The Morgan fingerprint density at radius 1 is 1.09 bits per heavy atom.